The Bertz CT molecular complexity index is 538. The Morgan fingerprint density at radius 3 is 2.68 bits per heavy atom. The summed E-state index contributed by atoms with van der Waals surface area (Å²) in [6.45, 7) is 11.3. The van der Waals surface area contributed by atoms with Crippen LogP contribution in [0.5, 0.6) is 0 Å². The van der Waals surface area contributed by atoms with Crippen LogP contribution in [0.3, 0.4) is 0 Å². The van der Waals surface area contributed by atoms with E-state index in [1.54, 1.807) is 0 Å². The second-order valence-corrected chi connectivity index (χ2v) is 7.12. The van der Waals surface area contributed by atoms with Crippen molar-refractivity contribution in [3.8, 4) is 0 Å². The quantitative estimate of drug-likeness (QED) is 0.878. The first-order chi connectivity index (χ1) is 10.3. The van der Waals surface area contributed by atoms with E-state index in [1.165, 1.54) is 16.7 Å². The second kappa shape index (κ2) is 6.80. The van der Waals surface area contributed by atoms with Gasteiger partial charge in [-0.15, -0.1) is 0 Å². The molecule has 0 aromatic heterocycles. The summed E-state index contributed by atoms with van der Waals surface area (Å²) in [4.78, 5) is 14.3. The molecule has 0 radical (unpaired) electrons. The number of carbonyl (C=O) groups excluding carboxylic acids is 1. The summed E-state index contributed by atoms with van der Waals surface area (Å²) < 4.78 is 5.26. The number of nitrogens with one attached hydrogen (secondary N) is 1. The van der Waals surface area contributed by atoms with Crippen molar-refractivity contribution in [3.05, 3.63) is 34.9 Å². The molecule has 22 heavy (non-hydrogen) atoms. The molecule has 1 N–H and O–H groups in total. The lowest BCUT2D eigenvalue weighted by molar-refractivity contribution is -0.128. The van der Waals surface area contributed by atoms with Crippen molar-refractivity contribution in [1.29, 1.82) is 0 Å². The second-order valence-electron chi connectivity index (χ2n) is 7.12. The molecule has 4 heteroatoms. The number of carbonyl (C=O) groups is 1. The van der Waals surface area contributed by atoms with Crippen LogP contribution in [-0.2, 0) is 9.53 Å². The molecule has 0 unspecified atom stereocenters. The van der Waals surface area contributed by atoms with E-state index in [1.807, 2.05) is 14.0 Å². The third kappa shape index (κ3) is 4.31. The first-order valence-corrected chi connectivity index (χ1v) is 7.92. The van der Waals surface area contributed by atoms with Crippen molar-refractivity contribution in [2.75, 3.05) is 33.4 Å². The van der Waals surface area contributed by atoms with E-state index >= 15 is 0 Å². The van der Waals surface area contributed by atoms with Crippen LogP contribution < -0.4 is 5.32 Å². The Hall–Kier alpha value is -1.39. The fourth-order valence-corrected chi connectivity index (χ4v) is 3.09. The highest BCUT2D eigenvalue weighted by Crippen LogP contribution is 2.27. The Kier molecular flexibility index (Phi) is 5.24. The maximum atomic E-state index is 12.2. The minimum absolute atomic E-state index is 0.0309. The number of hydrogen-bond donors (Lipinski definition) is 1. The summed E-state index contributed by atoms with van der Waals surface area (Å²) in [7, 11) is 1.99. The van der Waals surface area contributed by atoms with E-state index in [2.05, 4.69) is 49.2 Å². The highest BCUT2D eigenvalue weighted by Gasteiger charge is 2.34. The lowest BCUT2D eigenvalue weighted by atomic mass is 9.88. The van der Waals surface area contributed by atoms with Gasteiger partial charge in [-0.25, -0.2) is 0 Å². The zero-order chi connectivity index (χ0) is 16.3. The van der Waals surface area contributed by atoms with E-state index in [4.69, 9.17) is 4.74 Å². The number of rotatable bonds is 6. The average molecular weight is 304 g/mol. The first kappa shape index (κ1) is 17.0. The summed E-state index contributed by atoms with van der Waals surface area (Å²) >= 11 is 0. The molecule has 1 saturated heterocycles. The van der Waals surface area contributed by atoms with Gasteiger partial charge in [0.15, 0.2) is 0 Å². The fraction of sp³-hybridized carbons (Fsp3) is 0.611. The molecule has 0 saturated carbocycles. The van der Waals surface area contributed by atoms with Crippen LogP contribution in [0.2, 0.25) is 0 Å². The van der Waals surface area contributed by atoms with Crippen molar-refractivity contribution in [1.82, 2.24) is 10.2 Å². The number of amides is 1. The molecule has 1 atom stereocenters. The van der Waals surface area contributed by atoms with Gasteiger partial charge in [0.05, 0.1) is 25.8 Å². The molecule has 1 aromatic rings. The van der Waals surface area contributed by atoms with Crippen LogP contribution >= 0.6 is 0 Å². The smallest absolute Gasteiger partial charge is 0.234 e. The van der Waals surface area contributed by atoms with Gasteiger partial charge in [0.25, 0.3) is 0 Å². The van der Waals surface area contributed by atoms with Gasteiger partial charge in [0, 0.05) is 12.0 Å². The van der Waals surface area contributed by atoms with Crippen LogP contribution in [0, 0.1) is 19.3 Å². The molecule has 1 aliphatic rings. The summed E-state index contributed by atoms with van der Waals surface area (Å²) in [5.41, 5.74) is 3.83. The molecule has 1 aromatic carbocycles. The van der Waals surface area contributed by atoms with Gasteiger partial charge < -0.3 is 10.1 Å². The van der Waals surface area contributed by atoms with Crippen molar-refractivity contribution >= 4 is 5.91 Å². The van der Waals surface area contributed by atoms with E-state index in [0.717, 1.165) is 19.8 Å². The van der Waals surface area contributed by atoms with Gasteiger partial charge in [-0.05, 0) is 38.9 Å². The van der Waals surface area contributed by atoms with Gasteiger partial charge in [0.1, 0.15) is 0 Å². The molecule has 1 fully saturated rings. The van der Waals surface area contributed by atoms with E-state index < -0.39 is 0 Å². The molecule has 0 aliphatic carbocycles. The summed E-state index contributed by atoms with van der Waals surface area (Å²) in [6, 6.07) is 6.39. The fourth-order valence-electron chi connectivity index (χ4n) is 3.09. The number of hydrogen-bond acceptors (Lipinski definition) is 3. The molecule has 0 bridgehead atoms. The van der Waals surface area contributed by atoms with Crippen LogP contribution in [-0.4, -0.2) is 44.2 Å². The lowest BCUT2D eigenvalue weighted by Gasteiger charge is -2.40. The largest absolute Gasteiger partial charge is 0.380 e. The predicted octanol–water partition coefficient (Wildman–Crippen LogP) is 2.45. The average Bonchev–Trinajstić information content (AvgIpc) is 2.39. The first-order valence-electron chi connectivity index (χ1n) is 7.92. The van der Waals surface area contributed by atoms with Gasteiger partial charge in [-0.3, -0.25) is 9.69 Å². The van der Waals surface area contributed by atoms with E-state index in [-0.39, 0.29) is 17.4 Å². The lowest BCUT2D eigenvalue weighted by Crippen LogP contribution is -2.49. The van der Waals surface area contributed by atoms with Gasteiger partial charge >= 0.3 is 0 Å². The van der Waals surface area contributed by atoms with Crippen molar-refractivity contribution in [2.24, 2.45) is 5.41 Å². The standard InChI is InChI=1S/C18H28N2O2/c1-13-6-7-14(2)16(8-13)15(3)19-17(21)9-20(5)10-18(4)11-22-12-18/h6-8,15H,9-12H2,1-5H3,(H,19,21)/t15-/m1/s1. The molecule has 2 rings (SSSR count). The Morgan fingerprint density at radius 1 is 1.41 bits per heavy atom. The molecule has 1 heterocycles. The molecule has 1 aliphatic heterocycles. The summed E-state index contributed by atoms with van der Waals surface area (Å²) in [5, 5.41) is 3.11. The molecule has 4 nitrogen and oxygen atoms in total. The predicted molar refractivity (Wildman–Crippen MR) is 88.9 cm³/mol. The van der Waals surface area contributed by atoms with Gasteiger partial charge in [0.2, 0.25) is 5.91 Å². The number of aryl methyl sites for hydroxylation is 2. The normalized spacial score (nSPS) is 17.9. The maximum absolute atomic E-state index is 12.2. The Labute approximate surface area is 133 Å². The Balaban J connectivity index is 1.86. The van der Waals surface area contributed by atoms with Crippen molar-refractivity contribution in [2.45, 2.75) is 33.7 Å². The molecule has 122 valence electrons. The minimum Gasteiger partial charge on any atom is -0.380 e. The third-order valence-electron chi connectivity index (χ3n) is 4.24. The highest BCUT2D eigenvalue weighted by molar-refractivity contribution is 5.78. The van der Waals surface area contributed by atoms with Crippen LogP contribution in [0.25, 0.3) is 0 Å². The number of ether oxygens (including phenoxy) is 1. The van der Waals surface area contributed by atoms with Crippen molar-refractivity contribution in [3.63, 3.8) is 0 Å². The van der Waals surface area contributed by atoms with Crippen LogP contribution in [0.4, 0.5) is 0 Å². The van der Waals surface area contributed by atoms with Crippen LogP contribution in [0.1, 0.15) is 36.6 Å². The molecular formula is C18H28N2O2. The Morgan fingerprint density at radius 2 is 2.09 bits per heavy atom. The SMILES string of the molecule is Cc1ccc(C)c([C@@H](C)NC(=O)CN(C)CC2(C)COC2)c1. The van der Waals surface area contributed by atoms with Crippen LogP contribution in [0.15, 0.2) is 18.2 Å². The summed E-state index contributed by atoms with van der Waals surface area (Å²) in [5.74, 6) is 0.0692. The minimum atomic E-state index is 0.0309. The number of benzene rings is 1. The topological polar surface area (TPSA) is 41.6 Å². The number of nitrogens with zero attached hydrogens (tertiary/aromatic N) is 1. The zero-order valence-corrected chi connectivity index (χ0v) is 14.4. The van der Waals surface area contributed by atoms with Gasteiger partial charge in [-0.1, -0.05) is 30.7 Å². The highest BCUT2D eigenvalue weighted by atomic mass is 16.5. The zero-order valence-electron chi connectivity index (χ0n) is 14.4. The van der Waals surface area contributed by atoms with Crippen molar-refractivity contribution < 1.29 is 9.53 Å². The monoisotopic (exact) mass is 304 g/mol. The maximum Gasteiger partial charge on any atom is 0.234 e. The molecule has 0 spiro atoms. The van der Waals surface area contributed by atoms with E-state index in [9.17, 15) is 4.79 Å². The molecule has 1 amide bonds. The third-order valence-corrected chi connectivity index (χ3v) is 4.24. The van der Waals surface area contributed by atoms with Gasteiger partial charge in [-0.2, -0.15) is 0 Å². The molecular weight excluding hydrogens is 276 g/mol. The summed E-state index contributed by atoms with van der Waals surface area (Å²) in [6.07, 6.45) is 0. The van der Waals surface area contributed by atoms with E-state index in [0.29, 0.717) is 6.54 Å². The number of likely N-dealkylation sites (N-methyl/N-ethyl adjacent to an activating group) is 1.